The highest BCUT2D eigenvalue weighted by atomic mass is 32.2. The SMILES string of the molecule is COc1ccc2nccc(NC(=O)OC3(O)CCN(CCc4cc5c(nn4)SCC(=O)N5)CC3)c2n1. The summed E-state index contributed by atoms with van der Waals surface area (Å²) in [7, 11) is 1.51. The summed E-state index contributed by atoms with van der Waals surface area (Å²) in [6.45, 7) is 1.80. The normalized spacial score (nSPS) is 17.2. The van der Waals surface area contributed by atoms with E-state index in [0.29, 0.717) is 60.1 Å². The van der Waals surface area contributed by atoms with Gasteiger partial charge in [0.2, 0.25) is 17.6 Å². The summed E-state index contributed by atoms with van der Waals surface area (Å²) in [5, 5.41) is 25.5. The molecule has 5 heterocycles. The van der Waals surface area contributed by atoms with Gasteiger partial charge in [0, 0.05) is 51.2 Å². The van der Waals surface area contributed by atoms with Crippen molar-refractivity contribution >= 4 is 46.2 Å². The molecule has 3 aromatic rings. The summed E-state index contributed by atoms with van der Waals surface area (Å²) in [6.07, 6.45) is 1.97. The molecular formula is C23H25N7O5S. The molecule has 3 N–H and O–H groups in total. The van der Waals surface area contributed by atoms with Crippen LogP contribution in [-0.2, 0) is 16.0 Å². The number of fused-ring (bicyclic) bond motifs is 2. The molecule has 0 radical (unpaired) electrons. The van der Waals surface area contributed by atoms with Gasteiger partial charge in [-0.3, -0.25) is 15.1 Å². The highest BCUT2D eigenvalue weighted by molar-refractivity contribution is 8.00. The standard InChI is InChI=1S/C23H25N7O5S/c1-34-19-3-2-15-20(27-19)16(4-8-24-15)26-22(32)35-23(33)6-10-30(11-7-23)9-5-14-12-17-21(29-28-14)36-13-18(31)25-17/h2-4,8,12,33H,5-7,9-11,13H2,1H3,(H,25,31)(H,24,26,32). The van der Waals surface area contributed by atoms with E-state index in [-0.39, 0.29) is 18.7 Å². The van der Waals surface area contributed by atoms with Crippen LogP contribution in [0.4, 0.5) is 16.2 Å². The molecule has 188 valence electrons. The van der Waals surface area contributed by atoms with Gasteiger partial charge < -0.3 is 24.8 Å². The number of aliphatic hydroxyl groups is 1. The Bertz CT molecular complexity index is 1300. The van der Waals surface area contributed by atoms with Crippen molar-refractivity contribution in [2.75, 3.05) is 43.1 Å². The van der Waals surface area contributed by atoms with Crippen LogP contribution in [0, 0.1) is 0 Å². The minimum atomic E-state index is -1.57. The van der Waals surface area contributed by atoms with Gasteiger partial charge in [0.25, 0.3) is 0 Å². The first-order chi connectivity index (χ1) is 17.4. The molecule has 0 aliphatic carbocycles. The molecule has 2 amide bonds. The largest absolute Gasteiger partial charge is 0.481 e. The summed E-state index contributed by atoms with van der Waals surface area (Å²) in [5.41, 5.74) is 2.93. The van der Waals surface area contributed by atoms with E-state index >= 15 is 0 Å². The van der Waals surface area contributed by atoms with Crippen molar-refractivity contribution in [2.24, 2.45) is 0 Å². The molecule has 0 spiro atoms. The quantitative estimate of drug-likeness (QED) is 0.417. The first-order valence-electron chi connectivity index (χ1n) is 11.4. The fourth-order valence-electron chi connectivity index (χ4n) is 4.09. The number of carbonyl (C=O) groups is 2. The Kier molecular flexibility index (Phi) is 6.85. The van der Waals surface area contributed by atoms with Crippen molar-refractivity contribution in [3.63, 3.8) is 0 Å². The van der Waals surface area contributed by atoms with E-state index in [9.17, 15) is 14.7 Å². The smallest absolute Gasteiger partial charge is 0.414 e. The number of likely N-dealkylation sites (tertiary alicyclic amines) is 1. The van der Waals surface area contributed by atoms with Crippen LogP contribution in [0.15, 0.2) is 35.5 Å². The number of methoxy groups -OCH3 is 1. The molecule has 0 saturated carbocycles. The van der Waals surface area contributed by atoms with E-state index < -0.39 is 11.9 Å². The number of nitrogens with one attached hydrogen (secondary N) is 2. The molecule has 0 atom stereocenters. The van der Waals surface area contributed by atoms with Crippen LogP contribution in [0.25, 0.3) is 11.0 Å². The van der Waals surface area contributed by atoms with E-state index in [1.165, 1.54) is 18.9 Å². The lowest BCUT2D eigenvalue weighted by atomic mass is 10.0. The van der Waals surface area contributed by atoms with Gasteiger partial charge in [-0.1, -0.05) is 11.8 Å². The van der Waals surface area contributed by atoms with Crippen LogP contribution >= 0.6 is 11.8 Å². The molecule has 2 aliphatic heterocycles. The number of hydrogen-bond donors (Lipinski definition) is 3. The molecule has 3 aromatic heterocycles. The van der Waals surface area contributed by atoms with Gasteiger partial charge in [0.15, 0.2) is 0 Å². The zero-order chi connectivity index (χ0) is 25.1. The average Bonchev–Trinajstić information content (AvgIpc) is 2.88. The molecule has 0 bridgehead atoms. The molecule has 0 unspecified atom stereocenters. The van der Waals surface area contributed by atoms with E-state index in [1.807, 2.05) is 6.07 Å². The van der Waals surface area contributed by atoms with Gasteiger partial charge in [-0.05, 0) is 18.2 Å². The number of carbonyl (C=O) groups excluding carboxylic acids is 2. The lowest BCUT2D eigenvalue weighted by Crippen LogP contribution is -2.48. The second kappa shape index (κ2) is 10.2. The average molecular weight is 512 g/mol. The van der Waals surface area contributed by atoms with E-state index in [2.05, 4.69) is 35.7 Å². The number of amides is 2. The highest BCUT2D eigenvalue weighted by Crippen LogP contribution is 2.29. The fourth-order valence-corrected chi connectivity index (χ4v) is 4.79. The van der Waals surface area contributed by atoms with Crippen LogP contribution in [0.1, 0.15) is 18.5 Å². The second-order valence-electron chi connectivity index (χ2n) is 8.52. The molecular weight excluding hydrogens is 486 g/mol. The summed E-state index contributed by atoms with van der Waals surface area (Å²) < 4.78 is 10.6. The maximum Gasteiger partial charge on any atom is 0.414 e. The lowest BCUT2D eigenvalue weighted by molar-refractivity contribution is -0.185. The van der Waals surface area contributed by atoms with Gasteiger partial charge in [-0.25, -0.2) is 9.78 Å². The Morgan fingerprint density at radius 1 is 1.28 bits per heavy atom. The summed E-state index contributed by atoms with van der Waals surface area (Å²) >= 11 is 1.38. The van der Waals surface area contributed by atoms with Crippen LogP contribution < -0.4 is 15.4 Å². The van der Waals surface area contributed by atoms with Gasteiger partial charge in [-0.2, -0.15) is 5.10 Å². The lowest BCUT2D eigenvalue weighted by Gasteiger charge is -2.37. The van der Waals surface area contributed by atoms with Gasteiger partial charge >= 0.3 is 6.09 Å². The number of nitrogens with zero attached hydrogens (tertiary/aromatic N) is 5. The molecule has 1 saturated heterocycles. The summed E-state index contributed by atoms with van der Waals surface area (Å²) in [5.74, 6) is -0.869. The molecule has 12 nitrogen and oxygen atoms in total. The van der Waals surface area contributed by atoms with E-state index in [4.69, 9.17) is 9.47 Å². The molecule has 5 rings (SSSR count). The minimum absolute atomic E-state index is 0.0427. The van der Waals surface area contributed by atoms with Crippen molar-refractivity contribution in [3.8, 4) is 5.88 Å². The van der Waals surface area contributed by atoms with Crippen molar-refractivity contribution in [1.82, 2.24) is 25.1 Å². The zero-order valence-corrected chi connectivity index (χ0v) is 20.4. The number of ether oxygens (including phenoxy) is 2. The van der Waals surface area contributed by atoms with E-state index in [0.717, 1.165) is 10.7 Å². The van der Waals surface area contributed by atoms with Crippen LogP contribution in [0.2, 0.25) is 0 Å². The number of anilines is 2. The summed E-state index contributed by atoms with van der Waals surface area (Å²) in [6, 6.07) is 6.89. The number of rotatable bonds is 6. The first kappa shape index (κ1) is 24.2. The molecule has 36 heavy (non-hydrogen) atoms. The highest BCUT2D eigenvalue weighted by Gasteiger charge is 2.36. The van der Waals surface area contributed by atoms with Crippen molar-refractivity contribution in [3.05, 3.63) is 36.2 Å². The molecule has 2 aliphatic rings. The number of aromatic nitrogens is 4. The zero-order valence-electron chi connectivity index (χ0n) is 19.6. The molecule has 13 heteroatoms. The van der Waals surface area contributed by atoms with Crippen molar-refractivity contribution in [2.45, 2.75) is 30.1 Å². The Balaban J connectivity index is 1.13. The Morgan fingerprint density at radius 3 is 2.92 bits per heavy atom. The number of pyridine rings is 2. The Hall–Kier alpha value is -3.55. The third-order valence-electron chi connectivity index (χ3n) is 6.03. The Morgan fingerprint density at radius 2 is 2.11 bits per heavy atom. The first-order valence-corrected chi connectivity index (χ1v) is 12.4. The van der Waals surface area contributed by atoms with Gasteiger partial charge in [0.1, 0.15) is 10.5 Å². The van der Waals surface area contributed by atoms with Crippen molar-refractivity contribution < 1.29 is 24.2 Å². The second-order valence-corrected chi connectivity index (χ2v) is 9.49. The third-order valence-corrected chi connectivity index (χ3v) is 7.01. The monoisotopic (exact) mass is 511 g/mol. The van der Waals surface area contributed by atoms with Crippen molar-refractivity contribution in [1.29, 1.82) is 0 Å². The molecule has 0 aromatic carbocycles. The summed E-state index contributed by atoms with van der Waals surface area (Å²) in [4.78, 5) is 34.9. The number of hydrogen-bond acceptors (Lipinski definition) is 11. The van der Waals surface area contributed by atoms with Crippen LogP contribution in [0.5, 0.6) is 5.88 Å². The van der Waals surface area contributed by atoms with Crippen LogP contribution in [-0.4, -0.2) is 80.5 Å². The van der Waals surface area contributed by atoms with Gasteiger partial charge in [0.05, 0.1) is 35.4 Å². The number of piperidine rings is 1. The predicted molar refractivity (Wildman–Crippen MR) is 132 cm³/mol. The van der Waals surface area contributed by atoms with E-state index in [1.54, 1.807) is 24.4 Å². The van der Waals surface area contributed by atoms with Crippen LogP contribution in [0.3, 0.4) is 0 Å². The Labute approximate surface area is 210 Å². The fraction of sp³-hybridized carbons (Fsp3) is 0.391. The third kappa shape index (κ3) is 5.48. The predicted octanol–water partition coefficient (Wildman–Crippen LogP) is 2.05. The minimum Gasteiger partial charge on any atom is -0.481 e. The van der Waals surface area contributed by atoms with Gasteiger partial charge in [-0.15, -0.1) is 5.10 Å². The maximum atomic E-state index is 12.6. The maximum absolute atomic E-state index is 12.6. The topological polar surface area (TPSA) is 152 Å². The number of thioether (sulfide) groups is 1. The molecule has 1 fully saturated rings.